The van der Waals surface area contributed by atoms with Gasteiger partial charge in [-0.25, -0.2) is 0 Å². The van der Waals surface area contributed by atoms with Crippen molar-refractivity contribution in [1.29, 1.82) is 0 Å². The predicted octanol–water partition coefficient (Wildman–Crippen LogP) is 2.70. The zero-order valence-corrected chi connectivity index (χ0v) is 10.3. The van der Waals surface area contributed by atoms with E-state index < -0.39 is 11.9 Å². The van der Waals surface area contributed by atoms with Gasteiger partial charge in [-0.05, 0) is 6.07 Å². The molecule has 0 aliphatic heterocycles. The van der Waals surface area contributed by atoms with Crippen molar-refractivity contribution in [1.82, 2.24) is 9.78 Å². The van der Waals surface area contributed by atoms with E-state index in [0.717, 1.165) is 4.68 Å². The van der Waals surface area contributed by atoms with Gasteiger partial charge in [0.1, 0.15) is 11.6 Å². The maximum absolute atomic E-state index is 13.0. The van der Waals surface area contributed by atoms with Crippen LogP contribution in [0.1, 0.15) is 5.69 Å². The van der Waals surface area contributed by atoms with Gasteiger partial charge in [0.05, 0.1) is 12.7 Å². The number of aromatic nitrogens is 2. The highest BCUT2D eigenvalue weighted by Gasteiger charge is 2.39. The van der Waals surface area contributed by atoms with Crippen LogP contribution in [0.4, 0.5) is 19.0 Å². The normalized spacial score (nSPS) is 11.6. The van der Waals surface area contributed by atoms with Crippen LogP contribution in [0.15, 0.2) is 24.3 Å². The minimum atomic E-state index is -4.58. The molecule has 0 unspecified atom stereocenters. The fraction of sp³-hybridized carbons (Fsp3) is 0.250. The molecule has 1 heterocycles. The number of ether oxygens (including phenoxy) is 1. The van der Waals surface area contributed by atoms with Gasteiger partial charge in [-0.1, -0.05) is 18.2 Å². The summed E-state index contributed by atoms with van der Waals surface area (Å²) < 4.78 is 45.0. The molecule has 0 amide bonds. The number of nitrogen functional groups attached to an aromatic ring is 1. The Hall–Kier alpha value is -2.18. The summed E-state index contributed by atoms with van der Waals surface area (Å²) in [6.45, 7) is 0. The number of aryl methyl sites for hydroxylation is 1. The molecule has 0 radical (unpaired) electrons. The summed E-state index contributed by atoms with van der Waals surface area (Å²) >= 11 is 0. The number of nitrogens with zero attached hydrogens (tertiary/aromatic N) is 2. The predicted molar refractivity (Wildman–Crippen MR) is 64.6 cm³/mol. The molecular weight excluding hydrogens is 259 g/mol. The monoisotopic (exact) mass is 271 g/mol. The van der Waals surface area contributed by atoms with E-state index in [-0.39, 0.29) is 16.9 Å². The Morgan fingerprint density at radius 3 is 2.47 bits per heavy atom. The van der Waals surface area contributed by atoms with Crippen LogP contribution in [0.25, 0.3) is 11.1 Å². The average Bonchev–Trinajstić information content (AvgIpc) is 2.66. The van der Waals surface area contributed by atoms with Crippen LogP contribution in [-0.4, -0.2) is 16.9 Å². The van der Waals surface area contributed by atoms with E-state index in [2.05, 4.69) is 5.10 Å². The number of benzene rings is 1. The van der Waals surface area contributed by atoms with Crippen LogP contribution < -0.4 is 10.5 Å². The first kappa shape index (κ1) is 13.3. The molecule has 7 heteroatoms. The van der Waals surface area contributed by atoms with Crippen molar-refractivity contribution in [3.05, 3.63) is 30.0 Å². The highest BCUT2D eigenvalue weighted by Crippen LogP contribution is 2.42. The summed E-state index contributed by atoms with van der Waals surface area (Å²) in [6, 6.07) is 6.37. The highest BCUT2D eigenvalue weighted by molar-refractivity contribution is 5.81. The average molecular weight is 271 g/mol. The van der Waals surface area contributed by atoms with Gasteiger partial charge >= 0.3 is 6.18 Å². The Kier molecular flexibility index (Phi) is 3.13. The molecule has 2 aromatic rings. The van der Waals surface area contributed by atoms with Crippen LogP contribution in [0, 0.1) is 0 Å². The summed E-state index contributed by atoms with van der Waals surface area (Å²) in [5.41, 5.74) is 4.79. The van der Waals surface area contributed by atoms with E-state index in [0.29, 0.717) is 5.75 Å². The molecule has 1 aromatic carbocycles. The topological polar surface area (TPSA) is 53.1 Å². The van der Waals surface area contributed by atoms with E-state index >= 15 is 0 Å². The van der Waals surface area contributed by atoms with Crippen molar-refractivity contribution in [3.8, 4) is 16.9 Å². The third-order valence-corrected chi connectivity index (χ3v) is 2.74. The summed E-state index contributed by atoms with van der Waals surface area (Å²) in [6.07, 6.45) is -4.58. The van der Waals surface area contributed by atoms with Gasteiger partial charge in [-0.2, -0.15) is 18.3 Å². The standard InChI is InChI=1S/C12H12F3N3O/c1-18-11(16)9(10(17-18)12(13,14)15)7-5-3-4-6-8(7)19-2/h3-6H,16H2,1-2H3. The van der Waals surface area contributed by atoms with E-state index in [1.165, 1.54) is 20.2 Å². The van der Waals surface area contributed by atoms with Crippen molar-refractivity contribution < 1.29 is 17.9 Å². The number of hydrogen-bond acceptors (Lipinski definition) is 3. The quantitative estimate of drug-likeness (QED) is 0.913. The van der Waals surface area contributed by atoms with Gasteiger partial charge < -0.3 is 10.5 Å². The number of methoxy groups -OCH3 is 1. The van der Waals surface area contributed by atoms with Crippen molar-refractivity contribution in [3.63, 3.8) is 0 Å². The number of rotatable bonds is 2. The lowest BCUT2D eigenvalue weighted by Crippen LogP contribution is -2.08. The van der Waals surface area contributed by atoms with Gasteiger partial charge in [0.25, 0.3) is 0 Å². The molecule has 1 aromatic heterocycles. The summed E-state index contributed by atoms with van der Waals surface area (Å²) in [7, 11) is 2.75. The Balaban J connectivity index is 2.75. The highest BCUT2D eigenvalue weighted by atomic mass is 19.4. The molecule has 4 nitrogen and oxygen atoms in total. The Bertz CT molecular complexity index is 605. The molecule has 0 atom stereocenters. The molecule has 0 bridgehead atoms. The fourth-order valence-corrected chi connectivity index (χ4v) is 1.85. The molecule has 0 saturated carbocycles. The Labute approximate surface area is 107 Å². The largest absolute Gasteiger partial charge is 0.496 e. The second-order valence-corrected chi connectivity index (χ2v) is 3.93. The van der Waals surface area contributed by atoms with Gasteiger partial charge in [0, 0.05) is 12.6 Å². The molecule has 0 aliphatic rings. The zero-order chi connectivity index (χ0) is 14.2. The molecular formula is C12H12F3N3O. The smallest absolute Gasteiger partial charge is 0.435 e. The van der Waals surface area contributed by atoms with Crippen LogP contribution in [0.2, 0.25) is 0 Å². The molecule has 0 aliphatic carbocycles. The lowest BCUT2D eigenvalue weighted by Gasteiger charge is -2.10. The number of nitrogens with two attached hydrogens (primary N) is 1. The summed E-state index contributed by atoms with van der Waals surface area (Å²) in [5, 5.41) is 3.44. The summed E-state index contributed by atoms with van der Waals surface area (Å²) in [4.78, 5) is 0. The number of alkyl halides is 3. The first-order valence-corrected chi connectivity index (χ1v) is 5.39. The van der Waals surface area contributed by atoms with Gasteiger partial charge in [-0.3, -0.25) is 4.68 Å². The van der Waals surface area contributed by atoms with E-state index in [4.69, 9.17) is 10.5 Å². The number of hydrogen-bond donors (Lipinski definition) is 1. The second-order valence-electron chi connectivity index (χ2n) is 3.93. The molecule has 19 heavy (non-hydrogen) atoms. The summed E-state index contributed by atoms with van der Waals surface area (Å²) in [5.74, 6) is 0.254. The van der Waals surface area contributed by atoms with Crippen molar-refractivity contribution in [2.24, 2.45) is 7.05 Å². The fourth-order valence-electron chi connectivity index (χ4n) is 1.85. The van der Waals surface area contributed by atoms with Crippen molar-refractivity contribution >= 4 is 5.82 Å². The van der Waals surface area contributed by atoms with E-state index in [1.807, 2.05) is 0 Å². The minimum Gasteiger partial charge on any atom is -0.496 e. The van der Waals surface area contributed by atoms with Crippen LogP contribution in [-0.2, 0) is 13.2 Å². The third-order valence-electron chi connectivity index (χ3n) is 2.74. The molecule has 2 N–H and O–H groups in total. The molecule has 0 saturated heterocycles. The molecule has 2 rings (SSSR count). The zero-order valence-electron chi connectivity index (χ0n) is 10.3. The Morgan fingerprint density at radius 2 is 1.89 bits per heavy atom. The maximum Gasteiger partial charge on any atom is 0.435 e. The minimum absolute atomic E-state index is 0.0585. The van der Waals surface area contributed by atoms with Gasteiger partial charge in [0.15, 0.2) is 5.69 Å². The van der Waals surface area contributed by atoms with Crippen molar-refractivity contribution in [2.75, 3.05) is 12.8 Å². The number of anilines is 1. The van der Waals surface area contributed by atoms with Crippen LogP contribution in [0.5, 0.6) is 5.75 Å². The first-order valence-electron chi connectivity index (χ1n) is 5.39. The van der Waals surface area contributed by atoms with Crippen LogP contribution in [0.3, 0.4) is 0 Å². The first-order chi connectivity index (χ1) is 8.86. The van der Waals surface area contributed by atoms with Gasteiger partial charge in [-0.15, -0.1) is 0 Å². The van der Waals surface area contributed by atoms with E-state index in [1.54, 1.807) is 18.2 Å². The lowest BCUT2D eigenvalue weighted by molar-refractivity contribution is -0.140. The van der Waals surface area contributed by atoms with Crippen molar-refractivity contribution in [2.45, 2.75) is 6.18 Å². The second kappa shape index (κ2) is 4.49. The maximum atomic E-state index is 13.0. The number of halogens is 3. The van der Waals surface area contributed by atoms with Crippen LogP contribution >= 0.6 is 0 Å². The van der Waals surface area contributed by atoms with Gasteiger partial charge in [0.2, 0.25) is 0 Å². The SMILES string of the molecule is COc1ccccc1-c1c(C(F)(F)F)nn(C)c1N. The Morgan fingerprint density at radius 1 is 1.26 bits per heavy atom. The third kappa shape index (κ3) is 2.23. The molecule has 0 spiro atoms. The van der Waals surface area contributed by atoms with E-state index in [9.17, 15) is 13.2 Å². The lowest BCUT2D eigenvalue weighted by atomic mass is 10.0. The molecule has 0 fully saturated rings. The number of para-hydroxylation sites is 1. The molecule has 102 valence electrons.